The Morgan fingerprint density at radius 1 is 1.04 bits per heavy atom. The van der Waals surface area contributed by atoms with Gasteiger partial charge in [-0.3, -0.25) is 9.59 Å². The predicted molar refractivity (Wildman–Crippen MR) is 105 cm³/mol. The number of nitrogens with zero attached hydrogens (tertiary/aromatic N) is 2. The second kappa shape index (κ2) is 9.58. The highest BCUT2D eigenvalue weighted by Gasteiger charge is 2.30. The summed E-state index contributed by atoms with van der Waals surface area (Å²) in [4.78, 5) is 28.6. The molecule has 2 fully saturated rings. The Bertz CT molecular complexity index is 633. The third kappa shape index (κ3) is 5.12. The van der Waals surface area contributed by atoms with Crippen LogP contribution in [-0.4, -0.2) is 53.8 Å². The Balaban J connectivity index is 0.00000243. The summed E-state index contributed by atoms with van der Waals surface area (Å²) in [6.45, 7) is 2.39. The van der Waals surface area contributed by atoms with Gasteiger partial charge in [-0.25, -0.2) is 0 Å². The van der Waals surface area contributed by atoms with Crippen LogP contribution in [0.15, 0.2) is 24.3 Å². The lowest BCUT2D eigenvalue weighted by atomic mass is 9.99. The van der Waals surface area contributed by atoms with Gasteiger partial charge in [0, 0.05) is 43.7 Å². The fourth-order valence-electron chi connectivity index (χ4n) is 3.79. The molecule has 1 aromatic rings. The topological polar surface area (TPSA) is 66.6 Å². The number of halogens is 2. The minimum Gasteiger partial charge on any atom is -0.339 e. The summed E-state index contributed by atoms with van der Waals surface area (Å²) in [5, 5.41) is 0.623. The SMILES string of the molecule is Cl.N[C@@H]1CCC[C@H]1CC(=O)N1CCN(C(=O)Cc2ccccc2Cl)CC1. The number of benzene rings is 1. The van der Waals surface area contributed by atoms with Gasteiger partial charge in [-0.2, -0.15) is 0 Å². The standard InChI is InChI=1S/C19H26ClN3O2.ClH/c20-16-6-2-1-4-14(16)12-18(24)22-8-10-23(11-9-22)19(25)13-15-5-3-7-17(15)21;/h1-2,4,6,15,17H,3,5,7-13,21H2;1H/t15-,17+;/m0./s1. The zero-order valence-corrected chi connectivity index (χ0v) is 16.5. The third-order valence-corrected chi connectivity index (χ3v) is 5.81. The zero-order valence-electron chi connectivity index (χ0n) is 14.9. The molecular formula is C19H27Cl2N3O2. The molecule has 2 amide bonds. The molecule has 0 bridgehead atoms. The summed E-state index contributed by atoms with van der Waals surface area (Å²) in [5.41, 5.74) is 6.92. The maximum atomic E-state index is 12.5. The predicted octanol–water partition coefficient (Wildman–Crippen LogP) is 2.49. The summed E-state index contributed by atoms with van der Waals surface area (Å²) in [7, 11) is 0. The molecule has 144 valence electrons. The maximum absolute atomic E-state index is 12.5. The fourth-order valence-corrected chi connectivity index (χ4v) is 4.00. The van der Waals surface area contributed by atoms with Gasteiger partial charge >= 0.3 is 0 Å². The molecule has 0 unspecified atom stereocenters. The molecule has 5 nitrogen and oxygen atoms in total. The molecule has 0 aromatic heterocycles. The number of carbonyl (C=O) groups excluding carboxylic acids is 2. The molecule has 3 rings (SSSR count). The molecule has 1 aromatic carbocycles. The van der Waals surface area contributed by atoms with Gasteiger partial charge in [-0.05, 0) is 30.4 Å². The Kier molecular flexibility index (Phi) is 7.74. The quantitative estimate of drug-likeness (QED) is 0.845. The Labute approximate surface area is 166 Å². The summed E-state index contributed by atoms with van der Waals surface area (Å²) in [6.07, 6.45) is 4.08. The second-order valence-electron chi connectivity index (χ2n) is 7.09. The van der Waals surface area contributed by atoms with Crippen molar-refractivity contribution in [2.75, 3.05) is 26.2 Å². The number of carbonyl (C=O) groups is 2. The number of hydrogen-bond donors (Lipinski definition) is 1. The molecule has 2 aliphatic rings. The van der Waals surface area contributed by atoms with E-state index in [4.69, 9.17) is 17.3 Å². The Morgan fingerprint density at radius 2 is 1.65 bits per heavy atom. The molecule has 1 aliphatic heterocycles. The van der Waals surface area contributed by atoms with Gasteiger partial charge in [0.15, 0.2) is 0 Å². The Hall–Kier alpha value is -1.30. The molecule has 0 radical (unpaired) electrons. The first-order valence-electron chi connectivity index (χ1n) is 9.09. The van der Waals surface area contributed by atoms with Crippen LogP contribution >= 0.6 is 24.0 Å². The maximum Gasteiger partial charge on any atom is 0.227 e. The lowest BCUT2D eigenvalue weighted by Crippen LogP contribution is -2.51. The summed E-state index contributed by atoms with van der Waals surface area (Å²) < 4.78 is 0. The molecule has 26 heavy (non-hydrogen) atoms. The van der Waals surface area contributed by atoms with Crippen LogP contribution in [0.1, 0.15) is 31.2 Å². The van der Waals surface area contributed by atoms with Crippen molar-refractivity contribution in [3.05, 3.63) is 34.9 Å². The highest BCUT2D eigenvalue weighted by Crippen LogP contribution is 2.27. The number of nitrogens with two attached hydrogens (primary N) is 1. The van der Waals surface area contributed by atoms with Gasteiger partial charge in [-0.1, -0.05) is 36.2 Å². The molecule has 0 spiro atoms. The first kappa shape index (κ1) is 21.0. The van der Waals surface area contributed by atoms with Crippen molar-refractivity contribution in [2.24, 2.45) is 11.7 Å². The number of amides is 2. The van der Waals surface area contributed by atoms with Crippen molar-refractivity contribution in [1.29, 1.82) is 0 Å². The van der Waals surface area contributed by atoms with Gasteiger partial charge in [-0.15, -0.1) is 12.4 Å². The molecule has 1 saturated carbocycles. The monoisotopic (exact) mass is 399 g/mol. The van der Waals surface area contributed by atoms with Crippen molar-refractivity contribution < 1.29 is 9.59 Å². The summed E-state index contributed by atoms with van der Waals surface area (Å²) >= 11 is 6.13. The molecular weight excluding hydrogens is 373 g/mol. The van der Waals surface area contributed by atoms with Crippen LogP contribution in [0.3, 0.4) is 0 Å². The van der Waals surface area contributed by atoms with E-state index >= 15 is 0 Å². The van der Waals surface area contributed by atoms with E-state index in [1.54, 1.807) is 6.07 Å². The smallest absolute Gasteiger partial charge is 0.227 e. The normalized spacial score (nSPS) is 22.8. The van der Waals surface area contributed by atoms with E-state index in [0.717, 1.165) is 24.8 Å². The average Bonchev–Trinajstić information content (AvgIpc) is 3.02. The van der Waals surface area contributed by atoms with Crippen LogP contribution < -0.4 is 5.73 Å². The molecule has 1 saturated heterocycles. The third-order valence-electron chi connectivity index (χ3n) is 5.44. The van der Waals surface area contributed by atoms with Crippen LogP contribution in [-0.2, 0) is 16.0 Å². The number of hydrogen-bond acceptors (Lipinski definition) is 3. The fraction of sp³-hybridized carbons (Fsp3) is 0.579. The minimum atomic E-state index is 0. The second-order valence-corrected chi connectivity index (χ2v) is 7.50. The van der Waals surface area contributed by atoms with E-state index in [1.165, 1.54) is 0 Å². The van der Waals surface area contributed by atoms with Crippen LogP contribution in [0, 0.1) is 5.92 Å². The first-order chi connectivity index (χ1) is 12.0. The van der Waals surface area contributed by atoms with E-state index in [9.17, 15) is 9.59 Å². The van der Waals surface area contributed by atoms with Crippen molar-refractivity contribution in [1.82, 2.24) is 9.80 Å². The highest BCUT2D eigenvalue weighted by molar-refractivity contribution is 6.31. The molecule has 7 heteroatoms. The van der Waals surface area contributed by atoms with Crippen molar-refractivity contribution in [2.45, 2.75) is 38.1 Å². The average molecular weight is 400 g/mol. The lowest BCUT2D eigenvalue weighted by molar-refractivity contribution is -0.139. The zero-order chi connectivity index (χ0) is 17.8. The van der Waals surface area contributed by atoms with E-state index in [1.807, 2.05) is 28.0 Å². The largest absolute Gasteiger partial charge is 0.339 e. The van der Waals surface area contributed by atoms with E-state index in [2.05, 4.69) is 0 Å². The van der Waals surface area contributed by atoms with Crippen molar-refractivity contribution in [3.8, 4) is 0 Å². The van der Waals surface area contributed by atoms with Gasteiger partial charge in [0.05, 0.1) is 6.42 Å². The van der Waals surface area contributed by atoms with Gasteiger partial charge in [0.25, 0.3) is 0 Å². The highest BCUT2D eigenvalue weighted by atomic mass is 35.5. The summed E-state index contributed by atoms with van der Waals surface area (Å²) in [6, 6.07) is 7.59. The van der Waals surface area contributed by atoms with E-state index < -0.39 is 0 Å². The van der Waals surface area contributed by atoms with Crippen LogP contribution in [0.2, 0.25) is 5.02 Å². The summed E-state index contributed by atoms with van der Waals surface area (Å²) in [5.74, 6) is 0.575. The molecule has 1 aliphatic carbocycles. The van der Waals surface area contributed by atoms with E-state index in [-0.39, 0.29) is 30.3 Å². The number of rotatable bonds is 4. The molecule has 2 N–H and O–H groups in total. The number of piperazine rings is 1. The van der Waals surface area contributed by atoms with Crippen LogP contribution in [0.4, 0.5) is 0 Å². The van der Waals surface area contributed by atoms with Gasteiger partial charge in [0.1, 0.15) is 0 Å². The minimum absolute atomic E-state index is 0. The van der Waals surface area contributed by atoms with Crippen molar-refractivity contribution >= 4 is 35.8 Å². The van der Waals surface area contributed by atoms with Gasteiger partial charge in [0.2, 0.25) is 11.8 Å². The molecule has 1 heterocycles. The molecule has 2 atom stereocenters. The lowest BCUT2D eigenvalue weighted by Gasteiger charge is -2.35. The van der Waals surface area contributed by atoms with Gasteiger partial charge < -0.3 is 15.5 Å². The first-order valence-corrected chi connectivity index (χ1v) is 9.47. The van der Waals surface area contributed by atoms with E-state index in [0.29, 0.717) is 50.0 Å². The Morgan fingerprint density at radius 3 is 2.23 bits per heavy atom. The van der Waals surface area contributed by atoms with Crippen LogP contribution in [0.25, 0.3) is 0 Å². The van der Waals surface area contributed by atoms with Crippen LogP contribution in [0.5, 0.6) is 0 Å². The van der Waals surface area contributed by atoms with Crippen molar-refractivity contribution in [3.63, 3.8) is 0 Å².